The monoisotopic (exact) mass is 797 g/mol. The summed E-state index contributed by atoms with van der Waals surface area (Å²) >= 11 is 0. The molecule has 0 saturated carbocycles. The zero-order chi connectivity index (χ0) is 41.4. The van der Waals surface area contributed by atoms with Crippen LogP contribution in [0.15, 0.2) is 222 Å². The van der Waals surface area contributed by atoms with E-state index in [2.05, 4.69) is 177 Å². The molecular weight excluding hydrogens is 759 g/mol. The molecule has 1 aliphatic rings. The van der Waals surface area contributed by atoms with Gasteiger partial charge in [0.2, 0.25) is 0 Å². The van der Waals surface area contributed by atoms with E-state index in [4.69, 9.17) is 9.98 Å². The number of para-hydroxylation sites is 3. The van der Waals surface area contributed by atoms with Crippen LogP contribution in [0, 0.1) is 5.41 Å². The van der Waals surface area contributed by atoms with Gasteiger partial charge in [-0.15, -0.1) is 0 Å². The minimum atomic E-state index is -0.141. The number of aliphatic imine (C=N–C) groups is 2. The maximum atomic E-state index is 9.71. The molecule has 1 unspecified atom stereocenters. The van der Waals surface area contributed by atoms with Gasteiger partial charge in [0.05, 0.1) is 22.1 Å². The Bertz CT molecular complexity index is 3420. The highest BCUT2D eigenvalue weighted by atomic mass is 15.0. The van der Waals surface area contributed by atoms with Gasteiger partial charge < -0.3 is 9.13 Å². The number of rotatable bonds is 7. The molecule has 294 valence electrons. The van der Waals surface area contributed by atoms with Crippen molar-refractivity contribution in [1.29, 1.82) is 5.41 Å². The van der Waals surface area contributed by atoms with Crippen molar-refractivity contribution >= 4 is 72.8 Å². The lowest BCUT2D eigenvalue weighted by atomic mass is 9.80. The third kappa shape index (κ3) is 6.44. The van der Waals surface area contributed by atoms with Gasteiger partial charge in [-0.2, -0.15) is 0 Å². The fourth-order valence-electron chi connectivity index (χ4n) is 9.10. The number of nitrogens with one attached hydrogen (secondary N) is 1. The first-order valence-corrected chi connectivity index (χ1v) is 20.8. The molecule has 1 aliphatic carbocycles. The minimum Gasteiger partial charge on any atom is -0.312 e. The van der Waals surface area contributed by atoms with E-state index in [0.717, 1.165) is 55.8 Å². The number of aromatic nitrogens is 4. The summed E-state index contributed by atoms with van der Waals surface area (Å²) in [6.07, 6.45) is 11.4. The second-order valence-corrected chi connectivity index (χ2v) is 15.5. The van der Waals surface area contributed by atoms with Gasteiger partial charge in [0, 0.05) is 86.5 Å². The number of hydrogen-bond acceptors (Lipinski definition) is 3. The Kier molecular flexibility index (Phi) is 9.32. The molecule has 4 aromatic heterocycles. The van der Waals surface area contributed by atoms with Crippen molar-refractivity contribution < 1.29 is 0 Å². The van der Waals surface area contributed by atoms with E-state index in [1.807, 2.05) is 24.3 Å². The summed E-state index contributed by atoms with van der Waals surface area (Å²) in [4.78, 5) is 18.4. The highest BCUT2D eigenvalue weighted by Gasteiger charge is 2.32. The van der Waals surface area contributed by atoms with Gasteiger partial charge in [0.1, 0.15) is 5.84 Å². The quantitative estimate of drug-likeness (QED) is 0.129. The molecule has 0 bridgehead atoms. The summed E-state index contributed by atoms with van der Waals surface area (Å²) in [5.74, 6) is 0.412. The first kappa shape index (κ1) is 36.8. The highest BCUT2D eigenvalue weighted by molar-refractivity contribution is 6.27. The van der Waals surface area contributed by atoms with Gasteiger partial charge in [0.25, 0.3) is 0 Å². The molecule has 0 aliphatic heterocycles. The molecule has 0 fully saturated rings. The summed E-state index contributed by atoms with van der Waals surface area (Å²) in [5.41, 5.74) is 12.5. The van der Waals surface area contributed by atoms with Crippen molar-refractivity contribution in [2.75, 3.05) is 0 Å². The summed E-state index contributed by atoms with van der Waals surface area (Å²) < 4.78 is 4.93. The Morgan fingerprint density at radius 2 is 1.26 bits per heavy atom. The van der Waals surface area contributed by atoms with Crippen LogP contribution >= 0.6 is 0 Å². The van der Waals surface area contributed by atoms with Gasteiger partial charge in [-0.3, -0.25) is 15.4 Å². The average molecular weight is 798 g/mol. The van der Waals surface area contributed by atoms with Crippen LogP contribution in [-0.2, 0) is 0 Å². The number of nitrogens with zero attached hydrogens (tertiary/aromatic N) is 6. The van der Waals surface area contributed by atoms with Gasteiger partial charge in [-0.05, 0) is 77.7 Å². The molecule has 10 aromatic rings. The molecule has 0 spiro atoms. The van der Waals surface area contributed by atoms with E-state index in [-0.39, 0.29) is 11.8 Å². The van der Waals surface area contributed by atoms with E-state index in [1.54, 1.807) is 31.0 Å². The summed E-state index contributed by atoms with van der Waals surface area (Å²) in [7, 11) is 0. The van der Waals surface area contributed by atoms with Crippen LogP contribution in [0.25, 0.3) is 60.6 Å². The Hall–Kier alpha value is -8.29. The third-order valence-corrected chi connectivity index (χ3v) is 11.8. The lowest BCUT2D eigenvalue weighted by molar-refractivity contribution is 0.817. The van der Waals surface area contributed by atoms with E-state index >= 15 is 0 Å². The summed E-state index contributed by atoms with van der Waals surface area (Å²) in [6.45, 7) is 0. The summed E-state index contributed by atoms with van der Waals surface area (Å²) in [5, 5.41) is 14.5. The number of hydrogen-bond donors (Lipinski definition) is 1. The first-order valence-electron chi connectivity index (χ1n) is 20.8. The van der Waals surface area contributed by atoms with Crippen LogP contribution in [0.5, 0.6) is 0 Å². The molecule has 4 heterocycles. The predicted molar refractivity (Wildman–Crippen MR) is 256 cm³/mol. The predicted octanol–water partition coefficient (Wildman–Crippen LogP) is 12.7. The lowest BCUT2D eigenvalue weighted by Crippen LogP contribution is -2.18. The summed E-state index contributed by atoms with van der Waals surface area (Å²) in [6, 6.07) is 61.7. The van der Waals surface area contributed by atoms with Gasteiger partial charge in [-0.1, -0.05) is 127 Å². The molecular formula is C55H39N7. The Morgan fingerprint density at radius 3 is 1.98 bits per heavy atom. The smallest absolute Gasteiger partial charge is 0.163 e. The van der Waals surface area contributed by atoms with Crippen LogP contribution in [0.1, 0.15) is 34.6 Å². The number of amidine groups is 2. The standard InChI is InChI=1S/C55H39N7/c56-54(60-55(40-21-15-31-58-36-40)59-35-37-16-14-30-57-34-37)41-32-46(38-17-4-1-5-18-38)52(47(33-41)39-19-6-2-7-20-39)62-49-27-13-11-25-45(49)51-50(62)29-28-44-43-24-10-12-26-48(43)61(53(44)51)42-22-8-3-9-23-42/h1-32,34-36,47,56H,33H2/b56-54?,59-35+,60-55-. The lowest BCUT2D eigenvalue weighted by Gasteiger charge is -2.31. The van der Waals surface area contributed by atoms with Crippen molar-refractivity contribution in [3.05, 3.63) is 235 Å². The van der Waals surface area contributed by atoms with Gasteiger partial charge in [0.15, 0.2) is 5.84 Å². The zero-order valence-corrected chi connectivity index (χ0v) is 33.7. The molecule has 1 N–H and O–H groups in total. The van der Waals surface area contributed by atoms with Crippen molar-refractivity contribution in [2.24, 2.45) is 9.98 Å². The van der Waals surface area contributed by atoms with Crippen LogP contribution in [0.3, 0.4) is 0 Å². The molecule has 11 rings (SSSR count). The molecule has 0 amide bonds. The molecule has 7 nitrogen and oxygen atoms in total. The number of pyridine rings is 2. The van der Waals surface area contributed by atoms with Gasteiger partial charge >= 0.3 is 0 Å². The minimum absolute atomic E-state index is 0.141. The number of benzene rings is 6. The SMILES string of the molecule is N=C(/N=C(\N=C\c1cccnc1)c1cccnc1)C1=CC(c2ccccc2)=C(n2c3ccccc3c3c2ccc2c4ccccc4n(-c4ccccc4)c23)C(c2ccccc2)C1. The fourth-order valence-corrected chi connectivity index (χ4v) is 9.10. The maximum Gasteiger partial charge on any atom is 0.163 e. The molecule has 7 heteroatoms. The second-order valence-electron chi connectivity index (χ2n) is 15.5. The molecule has 0 saturated heterocycles. The first-order chi connectivity index (χ1) is 30.7. The largest absolute Gasteiger partial charge is 0.312 e. The van der Waals surface area contributed by atoms with Crippen LogP contribution in [0.4, 0.5) is 0 Å². The van der Waals surface area contributed by atoms with Crippen molar-refractivity contribution in [1.82, 2.24) is 19.1 Å². The maximum absolute atomic E-state index is 9.71. The molecule has 1 atom stereocenters. The second kappa shape index (κ2) is 15.7. The molecule has 62 heavy (non-hydrogen) atoms. The van der Waals surface area contributed by atoms with Crippen LogP contribution in [0.2, 0.25) is 0 Å². The molecule has 0 radical (unpaired) electrons. The Labute approximate surface area is 358 Å². The van der Waals surface area contributed by atoms with E-state index in [1.165, 1.54) is 32.6 Å². The normalized spacial score (nSPS) is 14.7. The average Bonchev–Trinajstić information content (AvgIpc) is 3.86. The zero-order valence-electron chi connectivity index (χ0n) is 33.7. The molecule has 6 aromatic carbocycles. The Morgan fingerprint density at radius 1 is 0.597 bits per heavy atom. The topological polar surface area (TPSA) is 84.2 Å². The van der Waals surface area contributed by atoms with E-state index < -0.39 is 0 Å². The highest BCUT2D eigenvalue weighted by Crippen LogP contribution is 2.49. The fraction of sp³-hybridized carbons (Fsp3) is 0.0364. The van der Waals surface area contributed by atoms with E-state index in [0.29, 0.717) is 12.3 Å². The number of allylic oxidation sites excluding steroid dienone is 3. The van der Waals surface area contributed by atoms with Crippen LogP contribution < -0.4 is 0 Å². The van der Waals surface area contributed by atoms with Crippen molar-refractivity contribution in [2.45, 2.75) is 12.3 Å². The van der Waals surface area contributed by atoms with E-state index in [9.17, 15) is 5.41 Å². The van der Waals surface area contributed by atoms with Crippen LogP contribution in [-0.4, -0.2) is 37.0 Å². The Balaban J connectivity index is 1.20. The van der Waals surface area contributed by atoms with Crippen molar-refractivity contribution in [3.63, 3.8) is 0 Å². The van der Waals surface area contributed by atoms with Gasteiger partial charge in [-0.25, -0.2) is 9.98 Å². The van der Waals surface area contributed by atoms with Crippen molar-refractivity contribution in [3.8, 4) is 5.69 Å². The third-order valence-electron chi connectivity index (χ3n) is 11.8. The number of fused-ring (bicyclic) bond motifs is 7.